The molecule has 0 bridgehead atoms. The molecule has 1 fully saturated rings. The molecule has 1 amide bonds. The number of hydrogen-bond donors (Lipinski definition) is 1. The molecule has 1 atom stereocenters. The van der Waals surface area contributed by atoms with Gasteiger partial charge in [0.25, 0.3) is 0 Å². The predicted molar refractivity (Wildman–Crippen MR) is 110 cm³/mol. The Bertz CT molecular complexity index is 567. The summed E-state index contributed by atoms with van der Waals surface area (Å²) in [6.45, 7) is 8.55. The molecule has 0 aromatic rings. The number of thioether (sulfide) groups is 1. The lowest BCUT2D eigenvalue weighted by molar-refractivity contribution is -0.155. The molecule has 0 aromatic heterocycles. The number of nitrogens with one attached hydrogen (secondary N) is 1. The summed E-state index contributed by atoms with van der Waals surface area (Å²) in [5, 5.41) is 1.75. The molecule has 1 rings (SSSR count). The van der Waals surface area contributed by atoms with Crippen LogP contribution in [0.25, 0.3) is 0 Å². The van der Waals surface area contributed by atoms with Crippen LogP contribution in [0.4, 0.5) is 4.79 Å². The van der Waals surface area contributed by atoms with Crippen LogP contribution < -0.4 is 5.32 Å². The number of hydrogen-bond acceptors (Lipinski definition) is 10. The fourth-order valence-electron chi connectivity index (χ4n) is 2.44. The van der Waals surface area contributed by atoms with Gasteiger partial charge in [0.05, 0.1) is 25.7 Å². The first-order valence-electron chi connectivity index (χ1n) is 9.99. The van der Waals surface area contributed by atoms with E-state index in [1.807, 2.05) is 0 Å². The van der Waals surface area contributed by atoms with Gasteiger partial charge in [-0.25, -0.2) is 9.59 Å². The maximum absolute atomic E-state index is 12.2. The van der Waals surface area contributed by atoms with Crippen molar-refractivity contribution >= 4 is 34.9 Å². The van der Waals surface area contributed by atoms with Gasteiger partial charge in [0.15, 0.2) is 0 Å². The fourth-order valence-corrected chi connectivity index (χ4v) is 3.10. The van der Waals surface area contributed by atoms with Crippen LogP contribution in [0.5, 0.6) is 0 Å². The van der Waals surface area contributed by atoms with Gasteiger partial charge >= 0.3 is 17.2 Å². The quantitative estimate of drug-likeness (QED) is 0.265. The molecule has 0 spiro atoms. The number of carbonyl (C=O) groups is 4. The van der Waals surface area contributed by atoms with Crippen molar-refractivity contribution in [3.8, 4) is 0 Å². The highest BCUT2D eigenvalue weighted by Gasteiger charge is 2.23. The molecule has 10 nitrogen and oxygen atoms in total. The number of morpholine rings is 1. The monoisotopic (exact) mass is 448 g/mol. The molecule has 1 saturated heterocycles. The van der Waals surface area contributed by atoms with Crippen molar-refractivity contribution in [1.82, 2.24) is 10.2 Å². The summed E-state index contributed by atoms with van der Waals surface area (Å²) in [5.74, 6) is -1.89. The van der Waals surface area contributed by atoms with E-state index in [0.29, 0.717) is 18.2 Å². The van der Waals surface area contributed by atoms with E-state index in [0.717, 1.165) is 39.3 Å². The Morgan fingerprint density at radius 3 is 2.37 bits per heavy atom. The first kappa shape index (κ1) is 26.2. The zero-order valence-electron chi connectivity index (χ0n) is 17.8. The summed E-state index contributed by atoms with van der Waals surface area (Å²) in [6, 6.07) is -0.975. The summed E-state index contributed by atoms with van der Waals surface area (Å²) < 4.78 is 20.0. The first-order valence-corrected chi connectivity index (χ1v) is 11.0. The van der Waals surface area contributed by atoms with E-state index in [1.165, 1.54) is 6.92 Å². The third kappa shape index (κ3) is 12.0. The molecule has 0 aromatic carbocycles. The van der Waals surface area contributed by atoms with Crippen molar-refractivity contribution in [2.75, 3.05) is 52.0 Å². The molecule has 1 aliphatic heterocycles. The molecule has 1 N–H and O–H groups in total. The SMILES string of the molecule is CC(=O)N[C@@H](CSC(=O)OCOC(=O)C(C)C)C(=O)OCCCCN1CCOCC1. The maximum Gasteiger partial charge on any atom is 0.370 e. The van der Waals surface area contributed by atoms with Crippen LogP contribution in [0.1, 0.15) is 33.6 Å². The van der Waals surface area contributed by atoms with E-state index in [2.05, 4.69) is 10.2 Å². The Morgan fingerprint density at radius 1 is 1.03 bits per heavy atom. The van der Waals surface area contributed by atoms with E-state index in [9.17, 15) is 19.2 Å². The second-order valence-electron chi connectivity index (χ2n) is 7.02. The van der Waals surface area contributed by atoms with Crippen LogP contribution in [0, 0.1) is 5.92 Å². The van der Waals surface area contributed by atoms with E-state index in [-0.39, 0.29) is 18.3 Å². The highest BCUT2D eigenvalue weighted by atomic mass is 32.2. The standard InChI is InChI=1S/C19H32N2O8S/c1-14(2)17(23)28-13-29-19(25)30-12-16(20-15(3)22)18(24)27-9-5-4-6-21-7-10-26-11-8-21/h14,16H,4-13H2,1-3H3,(H,20,22)/t16-/m0/s1. The van der Waals surface area contributed by atoms with Crippen molar-refractivity contribution in [2.24, 2.45) is 5.92 Å². The number of rotatable bonds is 12. The van der Waals surface area contributed by atoms with Gasteiger partial charge in [0, 0.05) is 25.8 Å². The second-order valence-corrected chi connectivity index (χ2v) is 7.98. The largest absolute Gasteiger partial charge is 0.464 e. The summed E-state index contributed by atoms with van der Waals surface area (Å²) in [5.41, 5.74) is 0. The Morgan fingerprint density at radius 2 is 1.73 bits per heavy atom. The molecular formula is C19H32N2O8S. The summed E-state index contributed by atoms with van der Waals surface area (Å²) >= 11 is 0.691. The van der Waals surface area contributed by atoms with Crippen LogP contribution >= 0.6 is 11.8 Å². The number of amides is 1. The molecule has 11 heteroatoms. The topological polar surface area (TPSA) is 120 Å². The smallest absolute Gasteiger partial charge is 0.370 e. The van der Waals surface area contributed by atoms with Gasteiger partial charge in [-0.2, -0.15) is 0 Å². The predicted octanol–water partition coefficient (Wildman–Crippen LogP) is 1.17. The van der Waals surface area contributed by atoms with Crippen LogP contribution in [0.15, 0.2) is 0 Å². The van der Waals surface area contributed by atoms with Crippen molar-refractivity contribution in [3.63, 3.8) is 0 Å². The third-order valence-corrected chi connectivity index (χ3v) is 4.95. The Kier molecular flexibility index (Phi) is 13.1. The van der Waals surface area contributed by atoms with Crippen molar-refractivity contribution in [2.45, 2.75) is 39.7 Å². The van der Waals surface area contributed by atoms with Crippen molar-refractivity contribution in [1.29, 1.82) is 0 Å². The molecule has 172 valence electrons. The maximum atomic E-state index is 12.2. The Balaban J connectivity index is 2.26. The summed E-state index contributed by atoms with van der Waals surface area (Å²) in [7, 11) is 0. The zero-order valence-corrected chi connectivity index (χ0v) is 18.7. The highest BCUT2D eigenvalue weighted by Crippen LogP contribution is 2.10. The molecule has 0 aliphatic carbocycles. The summed E-state index contributed by atoms with van der Waals surface area (Å²) in [4.78, 5) is 48.9. The van der Waals surface area contributed by atoms with E-state index in [4.69, 9.17) is 18.9 Å². The minimum absolute atomic E-state index is 0.0524. The molecule has 1 aliphatic rings. The second kappa shape index (κ2) is 15.0. The average Bonchev–Trinajstić information content (AvgIpc) is 2.71. The number of esters is 2. The molecule has 0 saturated carbocycles. The van der Waals surface area contributed by atoms with Crippen LogP contribution in [0.2, 0.25) is 0 Å². The number of ether oxygens (including phenoxy) is 4. The summed E-state index contributed by atoms with van der Waals surface area (Å²) in [6.07, 6.45) is 1.58. The van der Waals surface area contributed by atoms with Gasteiger partial charge in [0.2, 0.25) is 12.7 Å². The molecule has 0 unspecified atom stereocenters. The minimum Gasteiger partial charge on any atom is -0.464 e. The van der Waals surface area contributed by atoms with E-state index in [1.54, 1.807) is 13.8 Å². The number of nitrogens with zero attached hydrogens (tertiary/aromatic N) is 1. The molecular weight excluding hydrogens is 416 g/mol. The fraction of sp³-hybridized carbons (Fsp3) is 0.789. The molecule has 0 radical (unpaired) electrons. The van der Waals surface area contributed by atoms with Crippen LogP contribution in [-0.2, 0) is 33.3 Å². The Labute approximate surface area is 181 Å². The van der Waals surface area contributed by atoms with Gasteiger partial charge in [-0.15, -0.1) is 0 Å². The first-order chi connectivity index (χ1) is 14.3. The minimum atomic E-state index is -0.975. The van der Waals surface area contributed by atoms with Gasteiger partial charge in [-0.1, -0.05) is 13.8 Å². The third-order valence-electron chi connectivity index (χ3n) is 4.10. The zero-order chi connectivity index (χ0) is 22.4. The Hall–Kier alpha value is -1.85. The molecule has 1 heterocycles. The normalized spacial score (nSPS) is 15.3. The van der Waals surface area contributed by atoms with Crippen LogP contribution in [0.3, 0.4) is 0 Å². The van der Waals surface area contributed by atoms with Gasteiger partial charge in [0.1, 0.15) is 6.04 Å². The van der Waals surface area contributed by atoms with E-state index < -0.39 is 36.0 Å². The van der Waals surface area contributed by atoms with Crippen LogP contribution in [-0.4, -0.2) is 86.1 Å². The van der Waals surface area contributed by atoms with E-state index >= 15 is 0 Å². The van der Waals surface area contributed by atoms with Gasteiger partial charge < -0.3 is 24.3 Å². The average molecular weight is 449 g/mol. The van der Waals surface area contributed by atoms with Gasteiger partial charge in [-0.05, 0) is 31.1 Å². The highest BCUT2D eigenvalue weighted by molar-refractivity contribution is 8.13. The number of carbonyl (C=O) groups excluding carboxylic acids is 4. The van der Waals surface area contributed by atoms with Gasteiger partial charge in [-0.3, -0.25) is 14.5 Å². The number of unbranched alkanes of at least 4 members (excludes halogenated alkanes) is 1. The lowest BCUT2D eigenvalue weighted by Gasteiger charge is -2.26. The lowest BCUT2D eigenvalue weighted by Crippen LogP contribution is -2.43. The molecule has 30 heavy (non-hydrogen) atoms. The lowest BCUT2D eigenvalue weighted by atomic mass is 10.2. The van der Waals surface area contributed by atoms with Crippen molar-refractivity contribution < 1.29 is 38.1 Å². The van der Waals surface area contributed by atoms with Crippen molar-refractivity contribution in [3.05, 3.63) is 0 Å².